The molecule has 0 aromatic heterocycles. The molecule has 19 heavy (non-hydrogen) atoms. The Morgan fingerprint density at radius 2 is 2.16 bits per heavy atom. The van der Waals surface area contributed by atoms with Crippen LogP contribution in [0.5, 0.6) is 0 Å². The Bertz CT molecular complexity index is 563. The van der Waals surface area contributed by atoms with Gasteiger partial charge < -0.3 is 5.73 Å². The SMILES string of the molecule is CSC1CCC(NS(=O)(=O)c2ccc(Br)c(N)c2)C1. The van der Waals surface area contributed by atoms with Gasteiger partial charge in [-0.1, -0.05) is 0 Å². The van der Waals surface area contributed by atoms with Crippen LogP contribution in [-0.2, 0) is 10.0 Å². The number of benzene rings is 1. The van der Waals surface area contributed by atoms with Crippen molar-refractivity contribution in [1.29, 1.82) is 0 Å². The summed E-state index contributed by atoms with van der Waals surface area (Å²) >= 11 is 5.06. The Kier molecular flexibility index (Phi) is 4.81. The zero-order valence-corrected chi connectivity index (χ0v) is 13.8. The van der Waals surface area contributed by atoms with Crippen molar-refractivity contribution in [2.45, 2.75) is 35.4 Å². The van der Waals surface area contributed by atoms with Gasteiger partial charge in [-0.2, -0.15) is 11.8 Å². The van der Waals surface area contributed by atoms with E-state index in [-0.39, 0.29) is 10.9 Å². The number of nitrogens with two attached hydrogens (primary N) is 1. The average Bonchev–Trinajstić information content (AvgIpc) is 2.79. The predicted molar refractivity (Wildman–Crippen MR) is 83.8 cm³/mol. The average molecular weight is 365 g/mol. The summed E-state index contributed by atoms with van der Waals surface area (Å²) in [6.07, 6.45) is 4.93. The van der Waals surface area contributed by atoms with E-state index in [0.29, 0.717) is 15.4 Å². The van der Waals surface area contributed by atoms with Crippen LogP contribution in [0.3, 0.4) is 0 Å². The summed E-state index contributed by atoms with van der Waals surface area (Å²) in [5, 5.41) is 0.558. The minimum absolute atomic E-state index is 0.0346. The number of thioether (sulfide) groups is 1. The van der Waals surface area contributed by atoms with Crippen molar-refractivity contribution in [2.24, 2.45) is 0 Å². The van der Waals surface area contributed by atoms with E-state index in [1.807, 2.05) is 0 Å². The summed E-state index contributed by atoms with van der Waals surface area (Å²) in [6, 6.07) is 4.73. The molecule has 106 valence electrons. The Labute approximate surface area is 126 Å². The number of rotatable bonds is 4. The van der Waals surface area contributed by atoms with Gasteiger partial charge in [0.15, 0.2) is 0 Å². The molecule has 4 nitrogen and oxygen atoms in total. The van der Waals surface area contributed by atoms with Crippen LogP contribution in [0.25, 0.3) is 0 Å². The number of nitrogens with one attached hydrogen (secondary N) is 1. The van der Waals surface area contributed by atoms with Gasteiger partial charge >= 0.3 is 0 Å². The van der Waals surface area contributed by atoms with Gasteiger partial charge in [-0.25, -0.2) is 13.1 Å². The summed E-state index contributed by atoms with van der Waals surface area (Å²) < 4.78 is 28.0. The van der Waals surface area contributed by atoms with E-state index in [9.17, 15) is 8.42 Å². The lowest BCUT2D eigenvalue weighted by Gasteiger charge is -2.14. The van der Waals surface area contributed by atoms with E-state index in [4.69, 9.17) is 5.73 Å². The standard InChI is InChI=1S/C12H17BrN2O2S2/c1-18-9-3-2-8(6-9)15-19(16,17)10-4-5-11(13)12(14)7-10/h4-5,7-9,15H,2-3,6,14H2,1H3. The monoisotopic (exact) mass is 364 g/mol. The number of halogens is 1. The maximum atomic E-state index is 12.3. The molecule has 1 aliphatic carbocycles. The fraction of sp³-hybridized carbons (Fsp3) is 0.500. The number of anilines is 1. The highest BCUT2D eigenvalue weighted by Crippen LogP contribution is 2.29. The van der Waals surface area contributed by atoms with Gasteiger partial charge in [0.05, 0.1) is 4.90 Å². The number of hydrogen-bond donors (Lipinski definition) is 2. The van der Waals surface area contributed by atoms with Crippen LogP contribution >= 0.6 is 27.7 Å². The second-order valence-corrected chi connectivity index (χ2v) is 8.38. The predicted octanol–water partition coefficient (Wildman–Crippen LogP) is 2.59. The van der Waals surface area contributed by atoms with Crippen molar-refractivity contribution in [1.82, 2.24) is 4.72 Å². The zero-order chi connectivity index (χ0) is 14.0. The molecule has 2 unspecified atom stereocenters. The highest BCUT2D eigenvalue weighted by atomic mass is 79.9. The van der Waals surface area contributed by atoms with Crippen molar-refractivity contribution >= 4 is 43.4 Å². The molecule has 2 atom stereocenters. The molecule has 0 aliphatic heterocycles. The Morgan fingerprint density at radius 3 is 2.74 bits per heavy atom. The molecular formula is C12H17BrN2O2S2. The van der Waals surface area contributed by atoms with Gasteiger partial charge in [0.2, 0.25) is 10.0 Å². The number of sulfonamides is 1. The molecular weight excluding hydrogens is 348 g/mol. The molecule has 1 saturated carbocycles. The minimum atomic E-state index is -3.47. The molecule has 1 aromatic carbocycles. The molecule has 7 heteroatoms. The van der Waals surface area contributed by atoms with Crippen LogP contribution in [0.2, 0.25) is 0 Å². The van der Waals surface area contributed by atoms with Crippen LogP contribution in [0.4, 0.5) is 5.69 Å². The van der Waals surface area contributed by atoms with Crippen LogP contribution in [0, 0.1) is 0 Å². The first kappa shape index (κ1) is 15.2. The van der Waals surface area contributed by atoms with E-state index in [2.05, 4.69) is 26.9 Å². The van der Waals surface area contributed by atoms with Gasteiger partial charge in [-0.05, 0) is 59.6 Å². The lowest BCUT2D eigenvalue weighted by molar-refractivity contribution is 0.552. The van der Waals surface area contributed by atoms with Crippen LogP contribution in [0.15, 0.2) is 27.6 Å². The largest absolute Gasteiger partial charge is 0.398 e. The first-order valence-electron chi connectivity index (χ1n) is 6.02. The van der Waals surface area contributed by atoms with Gasteiger partial charge in [0, 0.05) is 21.5 Å². The maximum Gasteiger partial charge on any atom is 0.240 e. The maximum absolute atomic E-state index is 12.3. The second-order valence-electron chi connectivity index (χ2n) is 4.67. The first-order chi connectivity index (χ1) is 8.92. The quantitative estimate of drug-likeness (QED) is 0.805. The van der Waals surface area contributed by atoms with Gasteiger partial charge in [0.25, 0.3) is 0 Å². The van der Waals surface area contributed by atoms with Crippen LogP contribution < -0.4 is 10.5 Å². The molecule has 0 spiro atoms. The third-order valence-electron chi connectivity index (χ3n) is 3.32. The van der Waals surface area contributed by atoms with E-state index in [1.54, 1.807) is 23.9 Å². The second kappa shape index (κ2) is 6.03. The highest BCUT2D eigenvalue weighted by Gasteiger charge is 2.28. The highest BCUT2D eigenvalue weighted by molar-refractivity contribution is 9.10. The van der Waals surface area contributed by atoms with Crippen molar-refractivity contribution in [2.75, 3.05) is 12.0 Å². The summed E-state index contributed by atoms with van der Waals surface area (Å²) in [5.41, 5.74) is 6.15. The Balaban J connectivity index is 2.12. The van der Waals surface area contributed by atoms with Gasteiger partial charge in [-0.15, -0.1) is 0 Å². The zero-order valence-electron chi connectivity index (χ0n) is 10.6. The molecule has 2 rings (SSSR count). The molecule has 1 aliphatic rings. The molecule has 0 radical (unpaired) electrons. The van der Waals surface area contributed by atoms with Crippen molar-refractivity contribution < 1.29 is 8.42 Å². The van der Waals surface area contributed by atoms with Crippen molar-refractivity contribution in [3.63, 3.8) is 0 Å². The molecule has 0 heterocycles. The number of hydrogen-bond acceptors (Lipinski definition) is 4. The van der Waals surface area contributed by atoms with E-state index in [0.717, 1.165) is 19.3 Å². The lowest BCUT2D eigenvalue weighted by Crippen LogP contribution is -2.33. The lowest BCUT2D eigenvalue weighted by atomic mass is 10.3. The fourth-order valence-electron chi connectivity index (χ4n) is 2.24. The minimum Gasteiger partial charge on any atom is -0.398 e. The Morgan fingerprint density at radius 1 is 1.42 bits per heavy atom. The number of nitrogen functional groups attached to an aromatic ring is 1. The van der Waals surface area contributed by atoms with Gasteiger partial charge in [0.1, 0.15) is 0 Å². The topological polar surface area (TPSA) is 72.2 Å². The van der Waals surface area contributed by atoms with Crippen molar-refractivity contribution in [3.05, 3.63) is 22.7 Å². The summed E-state index contributed by atoms with van der Waals surface area (Å²) in [7, 11) is -3.47. The molecule has 3 N–H and O–H groups in total. The molecule has 0 amide bonds. The normalized spacial score (nSPS) is 23.7. The summed E-state index contributed by atoms with van der Waals surface area (Å²) in [4.78, 5) is 0.223. The first-order valence-corrected chi connectivity index (χ1v) is 9.59. The summed E-state index contributed by atoms with van der Waals surface area (Å²) in [5.74, 6) is 0. The Hall–Kier alpha value is -0.240. The molecule has 1 fully saturated rings. The molecule has 0 saturated heterocycles. The molecule has 0 bridgehead atoms. The third kappa shape index (κ3) is 3.65. The van der Waals surface area contributed by atoms with E-state index in [1.165, 1.54) is 6.07 Å². The van der Waals surface area contributed by atoms with Crippen LogP contribution in [0.1, 0.15) is 19.3 Å². The van der Waals surface area contributed by atoms with Crippen LogP contribution in [-0.4, -0.2) is 26.0 Å². The van der Waals surface area contributed by atoms with E-state index < -0.39 is 10.0 Å². The summed E-state index contributed by atoms with van der Waals surface area (Å²) in [6.45, 7) is 0. The molecule has 1 aromatic rings. The van der Waals surface area contributed by atoms with Gasteiger partial charge in [-0.3, -0.25) is 0 Å². The fourth-order valence-corrected chi connectivity index (χ4v) is 4.60. The van der Waals surface area contributed by atoms with Crippen molar-refractivity contribution in [3.8, 4) is 0 Å². The van der Waals surface area contributed by atoms with E-state index >= 15 is 0 Å². The smallest absolute Gasteiger partial charge is 0.240 e. The third-order valence-corrected chi connectivity index (χ3v) is 6.65.